The number of aliphatic hydroxyl groups excluding tert-OH is 1. The van der Waals surface area contributed by atoms with Crippen LogP contribution in [-0.2, 0) is 14.3 Å². The number of carbonyl (C=O) groups is 2. The number of nitrogens with one attached hydrogen (secondary N) is 1. The van der Waals surface area contributed by atoms with Gasteiger partial charge in [0, 0.05) is 12.5 Å². The summed E-state index contributed by atoms with van der Waals surface area (Å²) in [5.41, 5.74) is -0.633. The van der Waals surface area contributed by atoms with Crippen molar-refractivity contribution in [1.82, 2.24) is 5.32 Å². The van der Waals surface area contributed by atoms with Crippen LogP contribution >= 0.6 is 0 Å². The van der Waals surface area contributed by atoms with Gasteiger partial charge in [0.1, 0.15) is 11.7 Å². The van der Waals surface area contributed by atoms with Gasteiger partial charge in [-0.3, -0.25) is 4.79 Å². The van der Waals surface area contributed by atoms with Crippen molar-refractivity contribution in [3.05, 3.63) is 0 Å². The van der Waals surface area contributed by atoms with Gasteiger partial charge in [-0.1, -0.05) is 6.42 Å². The van der Waals surface area contributed by atoms with E-state index in [-0.39, 0.29) is 18.3 Å². The molecule has 132 valence electrons. The summed E-state index contributed by atoms with van der Waals surface area (Å²) in [6, 6.07) is -0.767. The molecule has 0 aromatic heterocycles. The zero-order valence-electron chi connectivity index (χ0n) is 14.3. The van der Waals surface area contributed by atoms with Gasteiger partial charge >= 0.3 is 6.09 Å². The van der Waals surface area contributed by atoms with Gasteiger partial charge in [0.2, 0.25) is 0 Å². The molecule has 0 radical (unpaired) electrons. The third kappa shape index (κ3) is 6.11. The first-order valence-corrected chi connectivity index (χ1v) is 8.55. The van der Waals surface area contributed by atoms with Gasteiger partial charge in [-0.15, -0.1) is 0 Å². The molecule has 2 N–H and O–H groups in total. The summed E-state index contributed by atoms with van der Waals surface area (Å²) in [6.07, 6.45) is 3.09. The Bertz CT molecular complexity index is 423. The third-order valence-electron chi connectivity index (χ3n) is 4.23. The minimum absolute atomic E-state index is 0.0867. The second-order valence-corrected chi connectivity index (χ2v) is 7.71. The molecule has 2 aliphatic rings. The summed E-state index contributed by atoms with van der Waals surface area (Å²) in [7, 11) is 0. The van der Waals surface area contributed by atoms with Crippen molar-refractivity contribution in [2.24, 2.45) is 11.8 Å². The fourth-order valence-corrected chi connectivity index (χ4v) is 2.45. The average Bonchev–Trinajstić information content (AvgIpc) is 3.16. The Balaban J connectivity index is 1.88. The first kappa shape index (κ1) is 18.2. The molecule has 2 atom stereocenters. The molecule has 0 heterocycles. The number of amides is 1. The molecular weight excluding hydrogens is 298 g/mol. The number of hydrogen-bond acceptors (Lipinski definition) is 5. The maximum absolute atomic E-state index is 12.2. The minimum atomic E-state index is -1.24. The molecule has 2 rings (SSSR count). The monoisotopic (exact) mass is 327 g/mol. The fraction of sp³-hybridized carbons (Fsp3) is 0.882. The lowest BCUT2D eigenvalue weighted by Crippen LogP contribution is -2.52. The van der Waals surface area contributed by atoms with Crippen LogP contribution in [-0.4, -0.2) is 47.9 Å². The molecule has 0 aromatic rings. The summed E-state index contributed by atoms with van der Waals surface area (Å²) in [5, 5.41) is 12.9. The van der Waals surface area contributed by atoms with Crippen molar-refractivity contribution in [1.29, 1.82) is 0 Å². The van der Waals surface area contributed by atoms with Crippen LogP contribution in [0.1, 0.15) is 52.9 Å². The van der Waals surface area contributed by atoms with Gasteiger partial charge in [0.05, 0.1) is 12.6 Å². The minimum Gasteiger partial charge on any atom is -0.444 e. The third-order valence-corrected chi connectivity index (χ3v) is 4.23. The molecule has 0 spiro atoms. The summed E-state index contributed by atoms with van der Waals surface area (Å²) in [6.45, 7) is 6.02. The number of ether oxygens (including phenoxy) is 2. The van der Waals surface area contributed by atoms with E-state index in [1.54, 1.807) is 20.8 Å². The quantitative estimate of drug-likeness (QED) is 0.712. The number of Topliss-reactive ketones (excluding diaryl/α,β-unsaturated/α-hetero) is 1. The molecule has 2 unspecified atom stereocenters. The second kappa shape index (κ2) is 7.62. The van der Waals surface area contributed by atoms with Gasteiger partial charge in [-0.2, -0.15) is 0 Å². The molecule has 23 heavy (non-hydrogen) atoms. The van der Waals surface area contributed by atoms with Gasteiger partial charge in [0.25, 0.3) is 0 Å². The van der Waals surface area contributed by atoms with E-state index in [1.165, 1.54) is 0 Å². The Morgan fingerprint density at radius 2 is 1.87 bits per heavy atom. The van der Waals surface area contributed by atoms with Crippen LogP contribution in [0.15, 0.2) is 0 Å². The Morgan fingerprint density at radius 3 is 2.35 bits per heavy atom. The van der Waals surface area contributed by atoms with Crippen LogP contribution in [0.25, 0.3) is 0 Å². The van der Waals surface area contributed by atoms with E-state index in [0.717, 1.165) is 32.1 Å². The smallest absolute Gasteiger partial charge is 0.408 e. The van der Waals surface area contributed by atoms with E-state index in [4.69, 9.17) is 9.47 Å². The van der Waals surface area contributed by atoms with E-state index < -0.39 is 23.8 Å². The van der Waals surface area contributed by atoms with Gasteiger partial charge in [0.15, 0.2) is 5.78 Å². The molecule has 6 nitrogen and oxygen atoms in total. The Hall–Kier alpha value is -1.14. The van der Waals surface area contributed by atoms with Crippen molar-refractivity contribution >= 4 is 11.9 Å². The average molecular weight is 327 g/mol. The highest BCUT2D eigenvalue weighted by Gasteiger charge is 2.36. The van der Waals surface area contributed by atoms with Crippen LogP contribution in [0.4, 0.5) is 4.79 Å². The predicted molar refractivity (Wildman–Crippen MR) is 85.1 cm³/mol. The summed E-state index contributed by atoms with van der Waals surface area (Å²) in [5.74, 6) is 0.292. The molecule has 1 amide bonds. The Labute approximate surface area is 137 Å². The standard InChI is InChI=1S/C17H29NO5/c1-17(2,3)23-16(21)18-13(10-22-9-11-7-8-11)15(20)14(19)12-5-4-6-12/h11-13,15,20H,4-10H2,1-3H3,(H,18,21). The highest BCUT2D eigenvalue weighted by Crippen LogP contribution is 2.30. The van der Waals surface area contributed by atoms with E-state index in [1.807, 2.05) is 0 Å². The first-order chi connectivity index (χ1) is 10.8. The first-order valence-electron chi connectivity index (χ1n) is 8.55. The summed E-state index contributed by atoms with van der Waals surface area (Å²) >= 11 is 0. The second-order valence-electron chi connectivity index (χ2n) is 7.71. The highest BCUT2D eigenvalue weighted by molar-refractivity contribution is 5.87. The maximum Gasteiger partial charge on any atom is 0.408 e. The molecular formula is C17H29NO5. The number of ketones is 1. The number of carbonyl (C=O) groups excluding carboxylic acids is 2. The van der Waals surface area contributed by atoms with Gasteiger partial charge in [-0.25, -0.2) is 4.79 Å². The molecule has 0 saturated heterocycles. The largest absolute Gasteiger partial charge is 0.444 e. The van der Waals surface area contributed by atoms with E-state index in [2.05, 4.69) is 5.32 Å². The van der Waals surface area contributed by atoms with Gasteiger partial charge in [-0.05, 0) is 52.4 Å². The number of alkyl carbamates (subject to hydrolysis) is 1. The van der Waals surface area contributed by atoms with Crippen molar-refractivity contribution < 1.29 is 24.2 Å². The molecule has 2 aliphatic carbocycles. The lowest BCUT2D eigenvalue weighted by atomic mass is 9.79. The number of hydrogen-bond donors (Lipinski definition) is 2. The van der Waals surface area contributed by atoms with Crippen LogP contribution < -0.4 is 5.32 Å². The van der Waals surface area contributed by atoms with E-state index in [0.29, 0.717) is 12.5 Å². The SMILES string of the molecule is CC(C)(C)OC(=O)NC(COCC1CC1)C(O)C(=O)C1CCC1. The molecule has 2 fully saturated rings. The van der Waals surface area contributed by atoms with Crippen LogP contribution in [0, 0.1) is 11.8 Å². The van der Waals surface area contributed by atoms with Crippen molar-refractivity contribution in [3.8, 4) is 0 Å². The predicted octanol–water partition coefficient (Wildman–Crippen LogP) is 2.04. The molecule has 6 heteroatoms. The van der Waals surface area contributed by atoms with Gasteiger partial charge < -0.3 is 19.9 Å². The Morgan fingerprint density at radius 1 is 1.22 bits per heavy atom. The highest BCUT2D eigenvalue weighted by atomic mass is 16.6. The fourth-order valence-electron chi connectivity index (χ4n) is 2.45. The van der Waals surface area contributed by atoms with E-state index >= 15 is 0 Å². The maximum atomic E-state index is 12.2. The zero-order chi connectivity index (χ0) is 17.0. The molecule has 0 bridgehead atoms. The molecule has 2 saturated carbocycles. The summed E-state index contributed by atoms with van der Waals surface area (Å²) in [4.78, 5) is 24.2. The lowest BCUT2D eigenvalue weighted by molar-refractivity contribution is -0.136. The molecule has 0 aliphatic heterocycles. The van der Waals surface area contributed by atoms with Crippen molar-refractivity contribution in [2.75, 3.05) is 13.2 Å². The normalized spacial score (nSPS) is 21.2. The van der Waals surface area contributed by atoms with Crippen LogP contribution in [0.5, 0.6) is 0 Å². The number of aliphatic hydroxyl groups is 1. The summed E-state index contributed by atoms with van der Waals surface area (Å²) < 4.78 is 10.8. The van der Waals surface area contributed by atoms with Crippen LogP contribution in [0.3, 0.4) is 0 Å². The molecule has 0 aromatic carbocycles. The van der Waals surface area contributed by atoms with Crippen LogP contribution in [0.2, 0.25) is 0 Å². The van der Waals surface area contributed by atoms with Crippen molar-refractivity contribution in [2.45, 2.75) is 70.6 Å². The number of rotatable bonds is 8. The Kier molecular flexibility index (Phi) is 6.03. The topological polar surface area (TPSA) is 84.9 Å². The van der Waals surface area contributed by atoms with Crippen molar-refractivity contribution in [3.63, 3.8) is 0 Å². The zero-order valence-corrected chi connectivity index (χ0v) is 14.3. The lowest BCUT2D eigenvalue weighted by Gasteiger charge is -2.30. The van der Waals surface area contributed by atoms with E-state index in [9.17, 15) is 14.7 Å².